The largest absolute Gasteiger partial charge is 0.489 e. The molecule has 0 radical (unpaired) electrons. The summed E-state index contributed by atoms with van der Waals surface area (Å²) in [5, 5.41) is 6.58. The van der Waals surface area contributed by atoms with Crippen molar-refractivity contribution in [1.29, 1.82) is 0 Å². The standard InChI is InChI=1S/C26H38N2O2/c1-25(2,3)16-17-27-23(24(29)28-26(4,5)6)18-20-12-14-22(15-13-20)30-19-21-10-8-7-9-11-21/h7-15,23,27H,16-19H2,1-6H3,(H,28,29). The second-order valence-electron chi connectivity index (χ2n) is 10.2. The van der Waals surface area contributed by atoms with E-state index in [1.54, 1.807) is 0 Å². The summed E-state index contributed by atoms with van der Waals surface area (Å²) in [7, 11) is 0. The van der Waals surface area contributed by atoms with Crippen LogP contribution in [0.5, 0.6) is 5.75 Å². The zero-order chi connectivity index (χ0) is 22.2. The van der Waals surface area contributed by atoms with Crippen LogP contribution in [0, 0.1) is 5.41 Å². The van der Waals surface area contributed by atoms with Crippen molar-refractivity contribution in [2.75, 3.05) is 6.54 Å². The van der Waals surface area contributed by atoms with Gasteiger partial charge in [-0.05, 0) is 68.8 Å². The van der Waals surface area contributed by atoms with Gasteiger partial charge in [0.15, 0.2) is 0 Å². The van der Waals surface area contributed by atoms with Crippen molar-refractivity contribution in [3.8, 4) is 5.75 Å². The average Bonchev–Trinajstić information content (AvgIpc) is 2.65. The first kappa shape index (κ1) is 23.9. The number of amides is 1. The Balaban J connectivity index is 1.98. The van der Waals surface area contributed by atoms with Gasteiger partial charge in [-0.1, -0.05) is 63.2 Å². The van der Waals surface area contributed by atoms with Gasteiger partial charge in [0.2, 0.25) is 5.91 Å². The lowest BCUT2D eigenvalue weighted by molar-refractivity contribution is -0.124. The van der Waals surface area contributed by atoms with Gasteiger partial charge in [0.05, 0.1) is 6.04 Å². The Labute approximate surface area is 182 Å². The monoisotopic (exact) mass is 410 g/mol. The summed E-state index contributed by atoms with van der Waals surface area (Å²) in [5.74, 6) is 0.875. The minimum absolute atomic E-state index is 0.0424. The third-order valence-electron chi connectivity index (χ3n) is 4.69. The molecule has 2 rings (SSSR count). The molecule has 0 aliphatic heterocycles. The first-order chi connectivity index (χ1) is 14.0. The molecule has 0 saturated carbocycles. The van der Waals surface area contributed by atoms with Crippen LogP contribution >= 0.6 is 0 Å². The molecule has 1 unspecified atom stereocenters. The van der Waals surface area contributed by atoms with Gasteiger partial charge in [0.25, 0.3) is 0 Å². The lowest BCUT2D eigenvalue weighted by Crippen LogP contribution is -2.52. The Morgan fingerprint density at radius 3 is 2.10 bits per heavy atom. The van der Waals surface area contributed by atoms with E-state index in [2.05, 4.69) is 43.5 Å². The molecule has 2 aromatic carbocycles. The van der Waals surface area contributed by atoms with Gasteiger partial charge in [-0.15, -0.1) is 0 Å². The lowest BCUT2D eigenvalue weighted by Gasteiger charge is -2.27. The summed E-state index contributed by atoms with van der Waals surface area (Å²) < 4.78 is 5.87. The fraction of sp³-hybridized carbons (Fsp3) is 0.500. The van der Waals surface area contributed by atoms with E-state index >= 15 is 0 Å². The number of carbonyl (C=O) groups is 1. The van der Waals surface area contributed by atoms with Crippen molar-refractivity contribution in [2.24, 2.45) is 5.41 Å². The van der Waals surface area contributed by atoms with Gasteiger partial charge >= 0.3 is 0 Å². The summed E-state index contributed by atoms with van der Waals surface area (Å²) >= 11 is 0. The summed E-state index contributed by atoms with van der Waals surface area (Å²) in [6.45, 7) is 14.0. The molecule has 1 atom stereocenters. The van der Waals surface area contributed by atoms with Crippen LogP contribution in [0.4, 0.5) is 0 Å². The molecule has 0 spiro atoms. The number of nitrogens with one attached hydrogen (secondary N) is 2. The highest BCUT2D eigenvalue weighted by Gasteiger charge is 2.23. The van der Waals surface area contributed by atoms with Crippen molar-refractivity contribution < 1.29 is 9.53 Å². The molecule has 2 aromatic rings. The van der Waals surface area contributed by atoms with E-state index in [1.165, 1.54) is 0 Å². The number of carbonyl (C=O) groups excluding carboxylic acids is 1. The van der Waals surface area contributed by atoms with Crippen molar-refractivity contribution >= 4 is 5.91 Å². The van der Waals surface area contributed by atoms with Crippen molar-refractivity contribution in [2.45, 2.75) is 72.6 Å². The van der Waals surface area contributed by atoms with E-state index in [9.17, 15) is 4.79 Å². The molecule has 0 aromatic heterocycles. The number of ether oxygens (including phenoxy) is 1. The number of rotatable bonds is 9. The number of hydrogen-bond donors (Lipinski definition) is 2. The molecule has 164 valence electrons. The molecule has 4 heteroatoms. The maximum absolute atomic E-state index is 12.8. The fourth-order valence-corrected chi connectivity index (χ4v) is 3.03. The maximum atomic E-state index is 12.8. The van der Waals surface area contributed by atoms with Gasteiger partial charge in [-0.2, -0.15) is 0 Å². The minimum Gasteiger partial charge on any atom is -0.489 e. The van der Waals surface area contributed by atoms with E-state index in [1.807, 2.05) is 63.2 Å². The third kappa shape index (κ3) is 9.45. The molecule has 1 amide bonds. The van der Waals surface area contributed by atoms with Crippen molar-refractivity contribution in [3.63, 3.8) is 0 Å². The molecular formula is C26H38N2O2. The minimum atomic E-state index is -0.261. The molecule has 30 heavy (non-hydrogen) atoms. The van der Waals surface area contributed by atoms with Crippen molar-refractivity contribution in [1.82, 2.24) is 10.6 Å². The molecule has 4 nitrogen and oxygen atoms in total. The molecule has 0 aliphatic rings. The zero-order valence-corrected chi connectivity index (χ0v) is 19.4. The second kappa shape index (κ2) is 10.6. The molecule has 2 N–H and O–H groups in total. The smallest absolute Gasteiger partial charge is 0.237 e. The van der Waals surface area contributed by atoms with Gasteiger partial charge in [0, 0.05) is 5.54 Å². The summed E-state index contributed by atoms with van der Waals surface area (Å²) in [5.41, 5.74) is 2.23. The van der Waals surface area contributed by atoms with Crippen molar-refractivity contribution in [3.05, 3.63) is 65.7 Å². The molecular weight excluding hydrogens is 372 g/mol. The summed E-state index contributed by atoms with van der Waals surface area (Å²) in [6.07, 6.45) is 1.66. The highest BCUT2D eigenvalue weighted by Crippen LogP contribution is 2.18. The molecule has 0 bridgehead atoms. The third-order valence-corrected chi connectivity index (χ3v) is 4.69. The molecule has 0 saturated heterocycles. The Kier molecular flexibility index (Phi) is 8.48. The van der Waals surface area contributed by atoms with Gasteiger partial charge < -0.3 is 15.4 Å². The van der Waals surface area contributed by atoms with Crippen LogP contribution in [0.15, 0.2) is 54.6 Å². The Hall–Kier alpha value is -2.33. The first-order valence-corrected chi connectivity index (χ1v) is 10.8. The van der Waals surface area contributed by atoms with E-state index in [-0.39, 0.29) is 22.9 Å². The predicted octanol–water partition coefficient (Wildman–Crippen LogP) is 5.12. The summed E-state index contributed by atoms with van der Waals surface area (Å²) in [4.78, 5) is 12.8. The zero-order valence-electron chi connectivity index (χ0n) is 19.4. The topological polar surface area (TPSA) is 50.4 Å². The fourth-order valence-electron chi connectivity index (χ4n) is 3.03. The van der Waals surface area contributed by atoms with Crippen LogP contribution < -0.4 is 15.4 Å². The first-order valence-electron chi connectivity index (χ1n) is 10.8. The SMILES string of the molecule is CC(C)(C)CCNC(Cc1ccc(OCc2ccccc2)cc1)C(=O)NC(C)(C)C. The maximum Gasteiger partial charge on any atom is 0.237 e. The molecule has 0 aliphatic carbocycles. The van der Waals surface area contributed by atoms with E-state index in [0.717, 1.165) is 29.8 Å². The van der Waals surface area contributed by atoms with E-state index in [4.69, 9.17) is 4.74 Å². The van der Waals surface area contributed by atoms with Crippen LogP contribution in [0.25, 0.3) is 0 Å². The number of hydrogen-bond acceptors (Lipinski definition) is 3. The van der Waals surface area contributed by atoms with Crippen LogP contribution in [-0.2, 0) is 17.8 Å². The Morgan fingerprint density at radius 1 is 0.900 bits per heavy atom. The Morgan fingerprint density at radius 2 is 1.53 bits per heavy atom. The van der Waals surface area contributed by atoms with Crippen LogP contribution in [0.1, 0.15) is 59.1 Å². The quantitative estimate of drug-likeness (QED) is 0.603. The summed E-state index contributed by atoms with van der Waals surface area (Å²) in [6, 6.07) is 17.9. The highest BCUT2D eigenvalue weighted by atomic mass is 16.5. The van der Waals surface area contributed by atoms with Crippen LogP contribution in [0.2, 0.25) is 0 Å². The van der Waals surface area contributed by atoms with E-state index in [0.29, 0.717) is 13.0 Å². The predicted molar refractivity (Wildman–Crippen MR) is 125 cm³/mol. The van der Waals surface area contributed by atoms with Crippen LogP contribution in [-0.4, -0.2) is 24.0 Å². The Bertz CT molecular complexity index is 771. The second-order valence-corrected chi connectivity index (χ2v) is 10.2. The molecule has 0 fully saturated rings. The lowest BCUT2D eigenvalue weighted by atomic mass is 9.92. The van der Waals surface area contributed by atoms with Gasteiger partial charge in [0.1, 0.15) is 12.4 Å². The van der Waals surface area contributed by atoms with Gasteiger partial charge in [-0.25, -0.2) is 0 Å². The average molecular weight is 411 g/mol. The van der Waals surface area contributed by atoms with E-state index < -0.39 is 0 Å². The molecule has 0 heterocycles. The van der Waals surface area contributed by atoms with Gasteiger partial charge in [-0.3, -0.25) is 4.79 Å². The van der Waals surface area contributed by atoms with Crippen LogP contribution in [0.3, 0.4) is 0 Å². The normalized spacial score (nSPS) is 13.0. The number of benzene rings is 2. The highest BCUT2D eigenvalue weighted by molar-refractivity contribution is 5.82.